The van der Waals surface area contributed by atoms with Gasteiger partial charge >= 0.3 is 0 Å². The molecule has 0 unspecified atom stereocenters. The predicted octanol–water partition coefficient (Wildman–Crippen LogP) is 2.51. The van der Waals surface area contributed by atoms with Crippen molar-refractivity contribution in [3.05, 3.63) is 28.8 Å². The van der Waals surface area contributed by atoms with Crippen LogP contribution in [-0.4, -0.2) is 24.5 Å². The summed E-state index contributed by atoms with van der Waals surface area (Å²) in [5, 5.41) is 5.60. The number of hydrogen-bond donors (Lipinski definition) is 3. The Morgan fingerprint density at radius 1 is 1.11 bits per heavy atom. The summed E-state index contributed by atoms with van der Waals surface area (Å²) in [6.45, 7) is 5.22. The molecule has 3 N–H and O–H groups in total. The molecule has 0 radical (unpaired) electrons. The van der Waals surface area contributed by atoms with Crippen LogP contribution in [0.1, 0.15) is 29.5 Å². The van der Waals surface area contributed by atoms with Crippen LogP contribution in [0.5, 0.6) is 0 Å². The average Bonchev–Trinajstić information content (AvgIpc) is 2.65. The van der Waals surface area contributed by atoms with Crippen LogP contribution < -0.4 is 5.14 Å². The van der Waals surface area contributed by atoms with E-state index in [0.717, 1.165) is 5.56 Å². The molecule has 0 aromatic heterocycles. The molecule has 0 amide bonds. The Labute approximate surface area is 118 Å². The molecule has 0 saturated carbocycles. The van der Waals surface area contributed by atoms with Crippen LogP contribution in [0.15, 0.2) is 17.0 Å². The predicted molar refractivity (Wildman–Crippen MR) is 82.6 cm³/mol. The monoisotopic (exact) mass is 305 g/mol. The largest absolute Gasteiger partial charge is 0.297 e. The molecule has 2 rings (SSSR count). The highest BCUT2D eigenvalue weighted by Gasteiger charge is 2.15. The first-order chi connectivity index (χ1) is 8.71. The van der Waals surface area contributed by atoms with Crippen LogP contribution in [-0.2, 0) is 10.1 Å². The molecular weight excluding hydrogens is 282 g/mol. The average molecular weight is 305 g/mol. The van der Waals surface area contributed by atoms with Crippen molar-refractivity contribution < 1.29 is 13.0 Å². The number of aryl methyl sites for hydroxylation is 3. The molecule has 0 aliphatic carbocycles. The molecule has 1 aliphatic rings. The topological polar surface area (TPSA) is 80.4 Å². The second-order valence-electron chi connectivity index (χ2n) is 4.95. The summed E-state index contributed by atoms with van der Waals surface area (Å²) in [5.41, 5.74) is 2.16. The van der Waals surface area contributed by atoms with E-state index in [9.17, 15) is 8.42 Å². The smallest absolute Gasteiger partial charge is 0.295 e. The summed E-state index contributed by atoms with van der Waals surface area (Å²) in [4.78, 5) is 0.0260. The minimum absolute atomic E-state index is 0.0260. The van der Waals surface area contributed by atoms with Crippen molar-refractivity contribution in [3.8, 4) is 0 Å². The van der Waals surface area contributed by atoms with Crippen LogP contribution in [0.4, 0.5) is 0 Å². The zero-order valence-corrected chi connectivity index (χ0v) is 13.4. The number of benzene rings is 1. The molecule has 0 atom stereocenters. The third-order valence-corrected chi connectivity index (χ3v) is 5.94. The summed E-state index contributed by atoms with van der Waals surface area (Å²) >= 11 is 0.0350. The normalized spacial score (nSPS) is 17.0. The Kier molecular flexibility index (Phi) is 5.85. The number of hydrogen-bond acceptors (Lipinski definition) is 3. The Hall–Kier alpha value is -0.560. The molecule has 1 aromatic carbocycles. The molecule has 1 aliphatic heterocycles. The van der Waals surface area contributed by atoms with Crippen molar-refractivity contribution in [2.75, 3.05) is 11.5 Å². The fourth-order valence-corrected chi connectivity index (χ4v) is 4.73. The van der Waals surface area contributed by atoms with Gasteiger partial charge in [-0.05, 0) is 56.2 Å². The van der Waals surface area contributed by atoms with Gasteiger partial charge in [0.25, 0.3) is 10.1 Å². The van der Waals surface area contributed by atoms with E-state index in [0.29, 0.717) is 11.1 Å². The van der Waals surface area contributed by atoms with Crippen LogP contribution in [0.2, 0.25) is 0 Å². The van der Waals surface area contributed by atoms with E-state index in [2.05, 4.69) is 0 Å². The van der Waals surface area contributed by atoms with E-state index in [-0.39, 0.29) is 16.0 Å². The molecule has 1 fully saturated rings. The van der Waals surface area contributed by atoms with Gasteiger partial charge in [-0.2, -0.15) is 8.42 Å². The molecule has 1 saturated heterocycles. The number of thiol groups is 1. The molecule has 0 spiro atoms. The number of rotatable bonds is 1. The van der Waals surface area contributed by atoms with E-state index < -0.39 is 10.1 Å². The van der Waals surface area contributed by atoms with Gasteiger partial charge in [-0.15, -0.1) is 0 Å². The molecule has 1 heterocycles. The lowest BCUT2D eigenvalue weighted by molar-refractivity contribution is 0.482. The quantitative estimate of drug-likeness (QED) is 0.550. The second-order valence-corrected chi connectivity index (χ2v) is 8.38. The van der Waals surface area contributed by atoms with Crippen molar-refractivity contribution in [1.82, 2.24) is 0 Å². The molecule has 6 heteroatoms. The third kappa shape index (κ3) is 5.14. The highest BCUT2D eigenvalue weighted by molar-refractivity contribution is 8.15. The van der Waals surface area contributed by atoms with E-state index in [4.69, 9.17) is 9.69 Å². The fraction of sp³-hybridized carbons (Fsp3) is 0.538. The molecular formula is C13H23NO3S2. The van der Waals surface area contributed by atoms with Gasteiger partial charge < -0.3 is 0 Å². The van der Waals surface area contributed by atoms with E-state index >= 15 is 0 Å². The maximum Gasteiger partial charge on any atom is 0.295 e. The minimum atomic E-state index is -4.08. The molecule has 1 aromatic rings. The Balaban J connectivity index is 0.000000250. The summed E-state index contributed by atoms with van der Waals surface area (Å²) < 4.78 is 30.8. The maximum atomic E-state index is 10.9. The van der Waals surface area contributed by atoms with Crippen LogP contribution >= 0.6 is 11.1 Å². The van der Waals surface area contributed by atoms with Crippen molar-refractivity contribution in [3.63, 3.8) is 0 Å². The second kappa shape index (κ2) is 6.74. The first kappa shape index (κ1) is 16.5. The zero-order valence-electron chi connectivity index (χ0n) is 11.7. The third-order valence-electron chi connectivity index (χ3n) is 3.00. The lowest BCUT2D eigenvalue weighted by Gasteiger charge is -2.07. The van der Waals surface area contributed by atoms with Crippen LogP contribution in [0, 0.1) is 20.8 Å². The van der Waals surface area contributed by atoms with Gasteiger partial charge in [0.15, 0.2) is 0 Å². The summed E-state index contributed by atoms with van der Waals surface area (Å²) in [6, 6.07) is 3.46. The highest BCUT2D eigenvalue weighted by atomic mass is 32.2. The lowest BCUT2D eigenvalue weighted by atomic mass is 10.1. The van der Waals surface area contributed by atoms with Gasteiger partial charge in [-0.3, -0.25) is 9.69 Å². The Bertz CT molecular complexity index is 512. The minimum Gasteiger partial charge on any atom is -0.297 e. The van der Waals surface area contributed by atoms with Crippen molar-refractivity contribution in [1.29, 1.82) is 0 Å². The first-order valence-electron chi connectivity index (χ1n) is 6.27. The Morgan fingerprint density at radius 2 is 1.53 bits per heavy atom. The standard InChI is InChI=1S/C9H12O3S.C4H11NS/c1-6-4-7(2)9(8(3)5-6)13(10,11)12;5-6-3-1-2-4-6/h4-5H,1-3H3,(H,10,11,12);6H,1-5H2. The molecule has 19 heavy (non-hydrogen) atoms. The lowest BCUT2D eigenvalue weighted by Crippen LogP contribution is -2.04. The van der Waals surface area contributed by atoms with E-state index in [1.54, 1.807) is 26.0 Å². The van der Waals surface area contributed by atoms with Crippen molar-refractivity contribution in [2.45, 2.75) is 38.5 Å². The summed E-state index contributed by atoms with van der Waals surface area (Å²) in [5.74, 6) is 2.66. The zero-order chi connectivity index (χ0) is 14.6. The summed E-state index contributed by atoms with van der Waals surface area (Å²) in [6.07, 6.45) is 2.78. The summed E-state index contributed by atoms with van der Waals surface area (Å²) in [7, 11) is -4.08. The first-order valence-corrected chi connectivity index (χ1v) is 9.49. The molecule has 4 nitrogen and oxygen atoms in total. The number of nitrogens with two attached hydrogens (primary N) is 1. The van der Waals surface area contributed by atoms with Crippen molar-refractivity contribution in [2.24, 2.45) is 5.14 Å². The van der Waals surface area contributed by atoms with Gasteiger partial charge in [0.1, 0.15) is 0 Å². The van der Waals surface area contributed by atoms with Gasteiger partial charge in [0.05, 0.1) is 4.90 Å². The van der Waals surface area contributed by atoms with Crippen LogP contribution in [0.3, 0.4) is 0 Å². The molecule has 110 valence electrons. The van der Waals surface area contributed by atoms with Gasteiger partial charge in [-0.25, -0.2) is 11.1 Å². The Morgan fingerprint density at radius 3 is 1.79 bits per heavy atom. The van der Waals surface area contributed by atoms with Gasteiger partial charge in [0, 0.05) is 0 Å². The highest BCUT2D eigenvalue weighted by Crippen LogP contribution is 2.25. The maximum absolute atomic E-state index is 10.9. The van der Waals surface area contributed by atoms with Gasteiger partial charge in [0.2, 0.25) is 0 Å². The van der Waals surface area contributed by atoms with E-state index in [1.807, 2.05) is 6.92 Å². The van der Waals surface area contributed by atoms with Crippen LogP contribution in [0.25, 0.3) is 0 Å². The fourth-order valence-electron chi connectivity index (χ4n) is 2.32. The van der Waals surface area contributed by atoms with Crippen molar-refractivity contribution >= 4 is 21.2 Å². The van der Waals surface area contributed by atoms with E-state index in [1.165, 1.54) is 24.3 Å². The van der Waals surface area contributed by atoms with Gasteiger partial charge in [-0.1, -0.05) is 17.7 Å². The SMILES string of the molecule is Cc1cc(C)c(S(=O)(=O)O)c(C)c1.N[SH]1CCCC1. The molecule has 0 bridgehead atoms.